The summed E-state index contributed by atoms with van der Waals surface area (Å²) in [6, 6.07) is 0. The molecule has 178 valence electrons. The molecular formula is C30H58. The molecule has 1 saturated carbocycles. The fourth-order valence-electron chi connectivity index (χ4n) is 6.72. The Kier molecular flexibility index (Phi) is 13.6. The minimum atomic E-state index is 0.673. The molecule has 0 aromatic heterocycles. The fourth-order valence-corrected chi connectivity index (χ4v) is 6.72. The third-order valence-electron chi connectivity index (χ3n) is 8.79. The van der Waals surface area contributed by atoms with Gasteiger partial charge < -0.3 is 0 Å². The largest absolute Gasteiger partial charge is 0.0825 e. The van der Waals surface area contributed by atoms with E-state index in [2.05, 4.69) is 68.4 Å². The molecule has 0 saturated heterocycles. The van der Waals surface area contributed by atoms with Gasteiger partial charge in [0, 0.05) is 0 Å². The normalized spacial score (nSPS) is 24.8. The topological polar surface area (TPSA) is 0 Å². The molecular weight excluding hydrogens is 360 g/mol. The lowest BCUT2D eigenvalue weighted by Gasteiger charge is -2.41. The molecule has 0 heterocycles. The highest BCUT2D eigenvalue weighted by atomic mass is 14.4. The SMILES string of the molecule is CCCCC(C)CC(=CC(C)C)C(C)C(C)C1CCCC(C(CC)C(CC)CC)C1. The monoisotopic (exact) mass is 418 g/mol. The van der Waals surface area contributed by atoms with E-state index in [1.54, 1.807) is 5.57 Å². The van der Waals surface area contributed by atoms with E-state index in [9.17, 15) is 0 Å². The predicted octanol–water partition coefficient (Wildman–Crippen LogP) is 10.3. The lowest BCUT2D eigenvalue weighted by molar-refractivity contribution is 0.101. The molecule has 0 spiro atoms. The summed E-state index contributed by atoms with van der Waals surface area (Å²) in [6.45, 7) is 22.0. The highest BCUT2D eigenvalue weighted by Crippen LogP contribution is 2.45. The number of hydrogen-bond donors (Lipinski definition) is 0. The Labute approximate surface area is 192 Å². The summed E-state index contributed by atoms with van der Waals surface area (Å²) in [5.41, 5.74) is 1.77. The lowest BCUT2D eigenvalue weighted by Crippen LogP contribution is -2.32. The van der Waals surface area contributed by atoms with E-state index in [0.29, 0.717) is 5.92 Å². The molecule has 0 aromatic carbocycles. The van der Waals surface area contributed by atoms with E-state index in [4.69, 9.17) is 0 Å². The highest BCUT2D eigenvalue weighted by molar-refractivity contribution is 5.10. The van der Waals surface area contributed by atoms with Gasteiger partial charge in [-0.3, -0.25) is 0 Å². The van der Waals surface area contributed by atoms with Crippen molar-refractivity contribution in [3.63, 3.8) is 0 Å². The van der Waals surface area contributed by atoms with Crippen LogP contribution < -0.4 is 0 Å². The van der Waals surface area contributed by atoms with Gasteiger partial charge in [-0.2, -0.15) is 0 Å². The summed E-state index contributed by atoms with van der Waals surface area (Å²) in [4.78, 5) is 0. The Morgan fingerprint density at radius 2 is 1.50 bits per heavy atom. The van der Waals surface area contributed by atoms with Crippen molar-refractivity contribution >= 4 is 0 Å². The first-order chi connectivity index (χ1) is 14.3. The summed E-state index contributed by atoms with van der Waals surface area (Å²) in [6.07, 6.45) is 18.1. The van der Waals surface area contributed by atoms with Crippen LogP contribution in [0.25, 0.3) is 0 Å². The van der Waals surface area contributed by atoms with Crippen molar-refractivity contribution in [2.24, 2.45) is 47.3 Å². The molecule has 0 bridgehead atoms. The second-order valence-electron chi connectivity index (χ2n) is 11.4. The average molecular weight is 419 g/mol. The molecule has 0 N–H and O–H groups in total. The Morgan fingerprint density at radius 1 is 0.867 bits per heavy atom. The molecule has 6 unspecified atom stereocenters. The van der Waals surface area contributed by atoms with Gasteiger partial charge in [-0.15, -0.1) is 0 Å². The molecule has 0 heteroatoms. The summed E-state index contributed by atoms with van der Waals surface area (Å²) < 4.78 is 0. The van der Waals surface area contributed by atoms with Crippen molar-refractivity contribution in [1.82, 2.24) is 0 Å². The van der Waals surface area contributed by atoms with Gasteiger partial charge in [0.25, 0.3) is 0 Å². The Balaban J connectivity index is 2.87. The van der Waals surface area contributed by atoms with Gasteiger partial charge in [-0.05, 0) is 60.2 Å². The molecule has 1 aliphatic carbocycles. The molecule has 0 nitrogen and oxygen atoms in total. The molecule has 30 heavy (non-hydrogen) atoms. The summed E-state index contributed by atoms with van der Waals surface area (Å²) in [7, 11) is 0. The zero-order valence-electron chi connectivity index (χ0n) is 22.5. The minimum absolute atomic E-state index is 0.673. The van der Waals surface area contributed by atoms with Gasteiger partial charge in [-0.25, -0.2) is 0 Å². The zero-order chi connectivity index (χ0) is 22.7. The van der Waals surface area contributed by atoms with Crippen LogP contribution in [0.1, 0.15) is 133 Å². The number of allylic oxidation sites excluding steroid dienone is 2. The molecule has 6 atom stereocenters. The van der Waals surface area contributed by atoms with E-state index < -0.39 is 0 Å². The minimum Gasteiger partial charge on any atom is -0.0825 e. The van der Waals surface area contributed by atoms with E-state index in [-0.39, 0.29) is 0 Å². The lowest BCUT2D eigenvalue weighted by atomic mass is 9.64. The Morgan fingerprint density at radius 3 is 2.03 bits per heavy atom. The van der Waals surface area contributed by atoms with Crippen LogP contribution in [0, 0.1) is 47.3 Å². The number of rotatable bonds is 14. The van der Waals surface area contributed by atoms with Crippen LogP contribution in [0.4, 0.5) is 0 Å². The van der Waals surface area contributed by atoms with E-state index in [1.165, 1.54) is 70.6 Å². The first kappa shape index (κ1) is 27.8. The van der Waals surface area contributed by atoms with Crippen LogP contribution in [0.3, 0.4) is 0 Å². The number of unbranched alkanes of at least 4 members (excludes halogenated alkanes) is 1. The zero-order valence-corrected chi connectivity index (χ0v) is 22.5. The van der Waals surface area contributed by atoms with Crippen molar-refractivity contribution in [2.75, 3.05) is 0 Å². The standard InChI is InChI=1S/C30H58/c1-10-14-16-23(7)20-29(19-22(5)6)25(9)24(8)27-17-15-18-28(21-27)30(13-4)26(11-2)12-3/h19,22-28,30H,10-18,20-21H2,1-9H3. The number of hydrogen-bond acceptors (Lipinski definition) is 0. The van der Waals surface area contributed by atoms with E-state index >= 15 is 0 Å². The summed E-state index contributed by atoms with van der Waals surface area (Å²) in [5.74, 6) is 6.91. The molecule has 1 aliphatic rings. The second kappa shape index (κ2) is 14.7. The maximum atomic E-state index is 2.63. The van der Waals surface area contributed by atoms with Crippen molar-refractivity contribution in [1.29, 1.82) is 0 Å². The van der Waals surface area contributed by atoms with Crippen LogP contribution in [-0.4, -0.2) is 0 Å². The molecule has 0 aliphatic heterocycles. The van der Waals surface area contributed by atoms with E-state index in [1.807, 2.05) is 0 Å². The molecule has 0 amide bonds. The van der Waals surface area contributed by atoms with Crippen LogP contribution in [0.5, 0.6) is 0 Å². The Bertz CT molecular complexity index is 455. The summed E-state index contributed by atoms with van der Waals surface area (Å²) in [5, 5.41) is 0. The van der Waals surface area contributed by atoms with Gasteiger partial charge >= 0.3 is 0 Å². The van der Waals surface area contributed by atoms with Crippen LogP contribution in [0.15, 0.2) is 11.6 Å². The maximum Gasteiger partial charge on any atom is -0.0203 e. The van der Waals surface area contributed by atoms with Crippen molar-refractivity contribution in [3.8, 4) is 0 Å². The highest BCUT2D eigenvalue weighted by Gasteiger charge is 2.35. The van der Waals surface area contributed by atoms with Crippen molar-refractivity contribution in [2.45, 2.75) is 133 Å². The van der Waals surface area contributed by atoms with Gasteiger partial charge in [0.2, 0.25) is 0 Å². The fraction of sp³-hybridized carbons (Fsp3) is 0.933. The van der Waals surface area contributed by atoms with Crippen molar-refractivity contribution in [3.05, 3.63) is 11.6 Å². The third kappa shape index (κ3) is 8.70. The average Bonchev–Trinajstić information content (AvgIpc) is 2.74. The van der Waals surface area contributed by atoms with Gasteiger partial charge in [0.15, 0.2) is 0 Å². The second-order valence-corrected chi connectivity index (χ2v) is 11.4. The van der Waals surface area contributed by atoms with Crippen molar-refractivity contribution < 1.29 is 0 Å². The van der Waals surface area contributed by atoms with Gasteiger partial charge in [0.1, 0.15) is 0 Å². The smallest absolute Gasteiger partial charge is 0.0203 e. The first-order valence-corrected chi connectivity index (χ1v) is 14.0. The third-order valence-corrected chi connectivity index (χ3v) is 8.79. The predicted molar refractivity (Wildman–Crippen MR) is 138 cm³/mol. The van der Waals surface area contributed by atoms with Crippen LogP contribution >= 0.6 is 0 Å². The quantitative estimate of drug-likeness (QED) is 0.246. The van der Waals surface area contributed by atoms with E-state index in [0.717, 1.165) is 41.4 Å². The van der Waals surface area contributed by atoms with Gasteiger partial charge in [-0.1, -0.05) is 132 Å². The maximum absolute atomic E-state index is 2.63. The first-order valence-electron chi connectivity index (χ1n) is 14.0. The summed E-state index contributed by atoms with van der Waals surface area (Å²) >= 11 is 0. The molecule has 1 rings (SSSR count). The van der Waals surface area contributed by atoms with Gasteiger partial charge in [0.05, 0.1) is 0 Å². The molecule has 0 aromatic rings. The Hall–Kier alpha value is -0.260. The van der Waals surface area contributed by atoms with Crippen LogP contribution in [0.2, 0.25) is 0 Å². The van der Waals surface area contributed by atoms with Crippen LogP contribution in [-0.2, 0) is 0 Å². The molecule has 1 fully saturated rings. The molecule has 0 radical (unpaired) electrons.